The number of likely N-dealkylation sites (tertiary alicyclic amines) is 1. The summed E-state index contributed by atoms with van der Waals surface area (Å²) in [5.41, 5.74) is 3.30. The molecular weight excluding hydrogens is 362 g/mol. The lowest BCUT2D eigenvalue weighted by molar-refractivity contribution is 0.0982. The first-order valence-electron chi connectivity index (χ1n) is 10.6. The predicted molar refractivity (Wildman–Crippen MR) is 119 cm³/mol. The van der Waals surface area contributed by atoms with Crippen LogP contribution in [0.2, 0.25) is 0 Å². The molecule has 29 heavy (non-hydrogen) atoms. The summed E-state index contributed by atoms with van der Waals surface area (Å²) in [5.74, 6) is 1.66. The molecule has 0 spiro atoms. The van der Waals surface area contributed by atoms with E-state index >= 15 is 0 Å². The number of nitrogens with zero attached hydrogens (tertiary/aromatic N) is 5. The van der Waals surface area contributed by atoms with Gasteiger partial charge in [0.15, 0.2) is 11.8 Å². The molecule has 1 aliphatic rings. The second-order valence-corrected chi connectivity index (χ2v) is 8.50. The van der Waals surface area contributed by atoms with E-state index in [1.54, 1.807) is 0 Å². The molecule has 0 bridgehead atoms. The van der Waals surface area contributed by atoms with Crippen LogP contribution >= 0.6 is 0 Å². The van der Waals surface area contributed by atoms with Gasteiger partial charge in [-0.3, -0.25) is 9.89 Å². The number of guanidine groups is 1. The molecule has 1 saturated heterocycles. The summed E-state index contributed by atoms with van der Waals surface area (Å²) in [6.45, 7) is 12.6. The Balaban J connectivity index is 1.52. The Morgan fingerprint density at radius 3 is 2.48 bits per heavy atom. The van der Waals surface area contributed by atoms with Gasteiger partial charge in [0.25, 0.3) is 0 Å². The molecule has 1 fully saturated rings. The van der Waals surface area contributed by atoms with E-state index in [-0.39, 0.29) is 5.54 Å². The van der Waals surface area contributed by atoms with Crippen molar-refractivity contribution >= 4 is 5.96 Å². The van der Waals surface area contributed by atoms with E-state index < -0.39 is 0 Å². The number of aliphatic imine (C=N–C) groups is 1. The Labute approximate surface area is 174 Å². The first kappa shape index (κ1) is 21.3. The summed E-state index contributed by atoms with van der Waals surface area (Å²) >= 11 is 0. The molecule has 0 radical (unpaired) electrons. The van der Waals surface area contributed by atoms with Gasteiger partial charge in [0, 0.05) is 37.6 Å². The molecule has 0 saturated carbocycles. The van der Waals surface area contributed by atoms with Crippen LogP contribution < -0.4 is 10.6 Å². The van der Waals surface area contributed by atoms with Crippen molar-refractivity contribution in [3.63, 3.8) is 0 Å². The van der Waals surface area contributed by atoms with Gasteiger partial charge in [0.2, 0.25) is 0 Å². The summed E-state index contributed by atoms with van der Waals surface area (Å²) in [6, 6.07) is 6.14. The Morgan fingerprint density at radius 1 is 1.14 bits per heavy atom. The molecule has 2 aromatic rings. The highest BCUT2D eigenvalue weighted by Crippen LogP contribution is 2.19. The van der Waals surface area contributed by atoms with Crippen molar-refractivity contribution in [3.8, 4) is 5.82 Å². The number of hydrogen-bond acceptors (Lipinski definition) is 4. The van der Waals surface area contributed by atoms with Crippen LogP contribution in [-0.4, -0.2) is 57.8 Å². The van der Waals surface area contributed by atoms with Crippen molar-refractivity contribution in [3.05, 3.63) is 41.3 Å². The molecule has 3 heterocycles. The normalized spacial score (nSPS) is 16.1. The minimum atomic E-state index is 0.112. The second-order valence-electron chi connectivity index (χ2n) is 8.50. The number of hydrogen-bond donors (Lipinski definition) is 2. The van der Waals surface area contributed by atoms with E-state index in [0.29, 0.717) is 6.54 Å². The quantitative estimate of drug-likeness (QED) is 0.579. The molecule has 7 nitrogen and oxygen atoms in total. The molecule has 3 rings (SSSR count). The molecule has 2 aromatic heterocycles. The van der Waals surface area contributed by atoms with Gasteiger partial charge in [-0.15, -0.1) is 0 Å². The zero-order valence-corrected chi connectivity index (χ0v) is 18.5. The largest absolute Gasteiger partial charge is 0.355 e. The lowest BCUT2D eigenvalue weighted by Crippen LogP contribution is -2.54. The predicted octanol–water partition coefficient (Wildman–Crippen LogP) is 2.81. The molecule has 158 valence electrons. The van der Waals surface area contributed by atoms with Crippen molar-refractivity contribution in [2.45, 2.75) is 59.0 Å². The zero-order valence-electron chi connectivity index (χ0n) is 18.5. The minimum absolute atomic E-state index is 0.112. The van der Waals surface area contributed by atoms with E-state index in [4.69, 9.17) is 0 Å². The maximum atomic E-state index is 4.57. The highest BCUT2D eigenvalue weighted by molar-refractivity contribution is 5.79. The number of pyridine rings is 1. The third-order valence-electron chi connectivity index (χ3n) is 5.62. The molecule has 0 atom stereocenters. The van der Waals surface area contributed by atoms with Crippen LogP contribution in [0, 0.1) is 13.8 Å². The van der Waals surface area contributed by atoms with Gasteiger partial charge in [-0.25, -0.2) is 9.67 Å². The molecule has 0 unspecified atom stereocenters. The van der Waals surface area contributed by atoms with Gasteiger partial charge >= 0.3 is 0 Å². The van der Waals surface area contributed by atoms with Gasteiger partial charge in [0.05, 0.1) is 5.69 Å². The summed E-state index contributed by atoms with van der Waals surface area (Å²) in [5, 5.41) is 11.4. The van der Waals surface area contributed by atoms with Crippen LogP contribution in [0.25, 0.3) is 5.82 Å². The van der Waals surface area contributed by atoms with Crippen LogP contribution in [0.1, 0.15) is 50.1 Å². The van der Waals surface area contributed by atoms with Gasteiger partial charge in [-0.05, 0) is 71.3 Å². The topological polar surface area (TPSA) is 70.4 Å². The molecule has 2 N–H and O–H groups in total. The summed E-state index contributed by atoms with van der Waals surface area (Å²) in [7, 11) is 1.81. The number of piperidine rings is 1. The Bertz CT molecular complexity index is 814. The fraction of sp³-hybridized carbons (Fsp3) is 0.591. The smallest absolute Gasteiger partial charge is 0.191 e. The molecule has 1 aliphatic heterocycles. The van der Waals surface area contributed by atoms with Crippen molar-refractivity contribution < 1.29 is 0 Å². The Kier molecular flexibility index (Phi) is 6.90. The van der Waals surface area contributed by atoms with E-state index in [0.717, 1.165) is 35.3 Å². The van der Waals surface area contributed by atoms with E-state index in [9.17, 15) is 0 Å². The standard InChI is InChI=1S/C22H35N7/c1-17-13-18(2)29(27-17)20-10-9-19(14-24-20)15-25-21(23-5)26-16-22(3,4)28-11-7-6-8-12-28/h9-10,13-14H,6-8,11-12,15-16H2,1-5H3,(H2,23,25,26). The maximum Gasteiger partial charge on any atom is 0.191 e. The Morgan fingerprint density at radius 2 is 1.90 bits per heavy atom. The third-order valence-corrected chi connectivity index (χ3v) is 5.62. The third kappa shape index (κ3) is 5.56. The van der Waals surface area contributed by atoms with Gasteiger partial charge in [-0.1, -0.05) is 12.5 Å². The summed E-state index contributed by atoms with van der Waals surface area (Å²) < 4.78 is 1.87. The summed E-state index contributed by atoms with van der Waals surface area (Å²) in [4.78, 5) is 11.5. The average Bonchev–Trinajstić information content (AvgIpc) is 3.07. The van der Waals surface area contributed by atoms with Crippen LogP contribution in [0.4, 0.5) is 0 Å². The SMILES string of the molecule is CN=C(NCc1ccc(-n2nc(C)cc2C)nc1)NCC(C)(C)N1CCCCC1. The number of nitrogens with one attached hydrogen (secondary N) is 2. The van der Waals surface area contributed by atoms with Crippen molar-refractivity contribution in [1.29, 1.82) is 0 Å². The van der Waals surface area contributed by atoms with Crippen LogP contribution in [0.3, 0.4) is 0 Å². The molecule has 0 aromatic carbocycles. The van der Waals surface area contributed by atoms with Crippen molar-refractivity contribution in [2.75, 3.05) is 26.7 Å². The molecule has 0 aliphatic carbocycles. The summed E-state index contributed by atoms with van der Waals surface area (Å²) in [6.07, 6.45) is 5.85. The van der Waals surface area contributed by atoms with Crippen LogP contribution in [-0.2, 0) is 6.54 Å². The van der Waals surface area contributed by atoms with Gasteiger partial charge in [-0.2, -0.15) is 5.10 Å². The fourth-order valence-electron chi connectivity index (χ4n) is 3.82. The zero-order chi connectivity index (χ0) is 20.9. The monoisotopic (exact) mass is 397 g/mol. The molecule has 7 heteroatoms. The van der Waals surface area contributed by atoms with Crippen molar-refractivity contribution in [1.82, 2.24) is 30.3 Å². The lowest BCUT2D eigenvalue weighted by Gasteiger charge is -2.41. The van der Waals surface area contributed by atoms with E-state index in [2.05, 4.69) is 56.6 Å². The van der Waals surface area contributed by atoms with Crippen LogP contribution in [0.5, 0.6) is 0 Å². The van der Waals surface area contributed by atoms with Gasteiger partial charge < -0.3 is 10.6 Å². The van der Waals surface area contributed by atoms with Crippen molar-refractivity contribution in [2.24, 2.45) is 4.99 Å². The number of aryl methyl sites for hydroxylation is 2. The first-order valence-corrected chi connectivity index (χ1v) is 10.6. The highest BCUT2D eigenvalue weighted by atomic mass is 15.3. The Hall–Kier alpha value is -2.41. The first-order chi connectivity index (χ1) is 13.9. The molecule has 0 amide bonds. The molecular formula is C22H35N7. The highest BCUT2D eigenvalue weighted by Gasteiger charge is 2.27. The van der Waals surface area contributed by atoms with E-state index in [1.165, 1.54) is 32.4 Å². The number of rotatable bonds is 6. The van der Waals surface area contributed by atoms with Gasteiger partial charge in [0.1, 0.15) is 0 Å². The minimum Gasteiger partial charge on any atom is -0.355 e. The fourth-order valence-corrected chi connectivity index (χ4v) is 3.82. The van der Waals surface area contributed by atoms with Crippen LogP contribution in [0.15, 0.2) is 29.4 Å². The second kappa shape index (κ2) is 9.39. The lowest BCUT2D eigenvalue weighted by atomic mass is 9.98. The van der Waals surface area contributed by atoms with E-state index in [1.807, 2.05) is 37.8 Å². The number of aromatic nitrogens is 3. The average molecular weight is 398 g/mol. The maximum absolute atomic E-state index is 4.57.